The number of sulfonamides is 1. The molecule has 0 aliphatic heterocycles. The molecule has 0 radical (unpaired) electrons. The normalized spacial score (nSPS) is 19.8. The van der Waals surface area contributed by atoms with Gasteiger partial charge in [0.2, 0.25) is 10.0 Å². The molecule has 1 rings (SSSR count). The molecule has 0 spiro atoms. The van der Waals surface area contributed by atoms with E-state index in [1.165, 1.54) is 0 Å². The van der Waals surface area contributed by atoms with Crippen LogP contribution in [0.15, 0.2) is 0 Å². The first-order valence-corrected chi connectivity index (χ1v) is 6.25. The quantitative estimate of drug-likeness (QED) is 0.642. The molecular formula is C7H14N2O2S2. The van der Waals surface area contributed by atoms with Crippen molar-refractivity contribution in [2.24, 2.45) is 11.7 Å². The number of nitrogens with one attached hydrogen (secondary N) is 1. The molecule has 1 aliphatic rings. The Morgan fingerprint density at radius 2 is 2.23 bits per heavy atom. The second-order valence-electron chi connectivity index (χ2n) is 3.47. The van der Waals surface area contributed by atoms with Gasteiger partial charge in [-0.15, -0.1) is 0 Å². The summed E-state index contributed by atoms with van der Waals surface area (Å²) in [6.07, 6.45) is 2.22. The number of thiocarbonyl (C=S) groups is 1. The number of rotatable bonds is 5. The maximum atomic E-state index is 11.3. The van der Waals surface area contributed by atoms with Gasteiger partial charge in [-0.05, 0) is 25.7 Å². The van der Waals surface area contributed by atoms with E-state index in [-0.39, 0.29) is 16.8 Å². The van der Waals surface area contributed by atoms with Crippen LogP contribution in [0.25, 0.3) is 0 Å². The molecular weight excluding hydrogens is 208 g/mol. The van der Waals surface area contributed by atoms with Gasteiger partial charge in [0.15, 0.2) is 0 Å². The number of hydrogen-bond acceptors (Lipinski definition) is 3. The summed E-state index contributed by atoms with van der Waals surface area (Å²) in [5, 5.41) is 0. The zero-order valence-corrected chi connectivity index (χ0v) is 9.12. The fourth-order valence-electron chi connectivity index (χ4n) is 1.20. The van der Waals surface area contributed by atoms with E-state index in [1.54, 1.807) is 0 Å². The maximum Gasteiger partial charge on any atom is 0.218 e. The highest BCUT2D eigenvalue weighted by molar-refractivity contribution is 7.92. The van der Waals surface area contributed by atoms with Crippen molar-refractivity contribution in [2.75, 3.05) is 5.75 Å². The molecule has 76 valence electrons. The van der Waals surface area contributed by atoms with Crippen molar-refractivity contribution in [3.05, 3.63) is 0 Å². The van der Waals surface area contributed by atoms with Crippen molar-refractivity contribution in [1.82, 2.24) is 4.72 Å². The van der Waals surface area contributed by atoms with E-state index >= 15 is 0 Å². The molecule has 13 heavy (non-hydrogen) atoms. The van der Waals surface area contributed by atoms with Gasteiger partial charge in [0.05, 0.1) is 4.99 Å². The summed E-state index contributed by atoms with van der Waals surface area (Å²) in [6.45, 7) is 1.87. The van der Waals surface area contributed by atoms with E-state index in [1.807, 2.05) is 6.92 Å². The summed E-state index contributed by atoms with van der Waals surface area (Å²) >= 11 is 4.54. The molecule has 1 fully saturated rings. The highest BCUT2D eigenvalue weighted by Crippen LogP contribution is 2.32. The van der Waals surface area contributed by atoms with E-state index in [0.29, 0.717) is 5.92 Å². The molecule has 1 atom stereocenters. The van der Waals surface area contributed by atoms with Gasteiger partial charge in [-0.2, -0.15) is 0 Å². The highest BCUT2D eigenvalue weighted by Gasteiger charge is 2.30. The minimum atomic E-state index is -3.30. The van der Waals surface area contributed by atoms with E-state index in [0.717, 1.165) is 12.8 Å². The van der Waals surface area contributed by atoms with Crippen molar-refractivity contribution < 1.29 is 8.42 Å². The molecule has 1 unspecified atom stereocenters. The van der Waals surface area contributed by atoms with E-state index in [4.69, 9.17) is 5.73 Å². The highest BCUT2D eigenvalue weighted by atomic mass is 32.2. The van der Waals surface area contributed by atoms with E-state index < -0.39 is 10.0 Å². The van der Waals surface area contributed by atoms with Gasteiger partial charge in [0.25, 0.3) is 0 Å². The Morgan fingerprint density at radius 1 is 1.69 bits per heavy atom. The second-order valence-corrected chi connectivity index (χ2v) is 5.75. The molecule has 0 aromatic carbocycles. The van der Waals surface area contributed by atoms with Crippen LogP contribution in [0.3, 0.4) is 0 Å². The average molecular weight is 222 g/mol. The van der Waals surface area contributed by atoms with Crippen molar-refractivity contribution in [3.8, 4) is 0 Å². The van der Waals surface area contributed by atoms with Gasteiger partial charge in [0.1, 0.15) is 5.75 Å². The number of nitrogens with two attached hydrogens (primary N) is 1. The number of hydrogen-bond donors (Lipinski definition) is 2. The first-order chi connectivity index (χ1) is 5.91. The lowest BCUT2D eigenvalue weighted by molar-refractivity contribution is 0.541. The third kappa shape index (κ3) is 4.02. The van der Waals surface area contributed by atoms with Gasteiger partial charge >= 0.3 is 0 Å². The third-order valence-corrected chi connectivity index (χ3v) is 3.78. The standard InChI is InChI=1S/C7H14N2O2S2/c1-5(6-2-3-6)9-13(10,11)4-7(8)12/h5-6,9H,2-4H2,1H3,(H2,8,12). The topological polar surface area (TPSA) is 72.2 Å². The van der Waals surface area contributed by atoms with Crippen molar-refractivity contribution in [1.29, 1.82) is 0 Å². The smallest absolute Gasteiger partial charge is 0.218 e. The lowest BCUT2D eigenvalue weighted by Crippen LogP contribution is -2.38. The summed E-state index contributed by atoms with van der Waals surface area (Å²) in [5.41, 5.74) is 5.16. The Labute approximate surface area is 83.9 Å². The Kier molecular flexibility index (Phi) is 3.26. The molecule has 1 saturated carbocycles. The summed E-state index contributed by atoms with van der Waals surface area (Å²) in [5.74, 6) is 0.250. The predicted molar refractivity (Wildman–Crippen MR) is 55.9 cm³/mol. The van der Waals surface area contributed by atoms with Crippen molar-refractivity contribution in [2.45, 2.75) is 25.8 Å². The fraction of sp³-hybridized carbons (Fsp3) is 0.857. The zero-order valence-electron chi connectivity index (χ0n) is 7.49. The molecule has 0 bridgehead atoms. The van der Waals surface area contributed by atoms with E-state index in [9.17, 15) is 8.42 Å². The average Bonchev–Trinajstić information content (AvgIpc) is 2.60. The largest absolute Gasteiger partial charge is 0.392 e. The molecule has 6 heteroatoms. The molecule has 3 N–H and O–H groups in total. The molecule has 0 aromatic heterocycles. The molecule has 0 aromatic rings. The Hall–Kier alpha value is -0.200. The van der Waals surface area contributed by atoms with Crippen LogP contribution < -0.4 is 10.5 Å². The van der Waals surface area contributed by atoms with Gasteiger partial charge in [-0.25, -0.2) is 13.1 Å². The van der Waals surface area contributed by atoms with Gasteiger partial charge in [0, 0.05) is 6.04 Å². The van der Waals surface area contributed by atoms with Crippen molar-refractivity contribution >= 4 is 27.2 Å². The minimum Gasteiger partial charge on any atom is -0.392 e. The Morgan fingerprint density at radius 3 is 2.62 bits per heavy atom. The zero-order chi connectivity index (χ0) is 10.1. The third-order valence-electron chi connectivity index (χ3n) is 2.03. The molecule has 0 amide bonds. The Balaban J connectivity index is 2.45. The lowest BCUT2D eigenvalue weighted by Gasteiger charge is -2.12. The van der Waals surface area contributed by atoms with Crippen LogP contribution in [0.4, 0.5) is 0 Å². The lowest BCUT2D eigenvalue weighted by atomic mass is 10.2. The van der Waals surface area contributed by atoms with Crippen molar-refractivity contribution in [3.63, 3.8) is 0 Å². The summed E-state index contributed by atoms with van der Waals surface area (Å²) in [7, 11) is -3.30. The summed E-state index contributed by atoms with van der Waals surface area (Å²) in [6, 6.07) is 0.0133. The first kappa shape index (κ1) is 10.9. The first-order valence-electron chi connectivity index (χ1n) is 4.19. The van der Waals surface area contributed by atoms with Gasteiger partial charge in [-0.3, -0.25) is 0 Å². The minimum absolute atomic E-state index is 0.00972. The summed E-state index contributed by atoms with van der Waals surface area (Å²) < 4.78 is 25.2. The van der Waals surface area contributed by atoms with Crippen LogP contribution in [0.5, 0.6) is 0 Å². The molecule has 4 nitrogen and oxygen atoms in total. The van der Waals surface area contributed by atoms with Gasteiger partial charge < -0.3 is 5.73 Å². The van der Waals surface area contributed by atoms with Crippen LogP contribution in [0, 0.1) is 5.92 Å². The maximum absolute atomic E-state index is 11.3. The summed E-state index contributed by atoms with van der Waals surface area (Å²) in [4.78, 5) is 0.00972. The van der Waals surface area contributed by atoms with Crippen LogP contribution in [0.1, 0.15) is 19.8 Å². The fourth-order valence-corrected chi connectivity index (χ4v) is 2.89. The van der Waals surface area contributed by atoms with Crippen LogP contribution in [-0.4, -0.2) is 25.2 Å². The predicted octanol–water partition coefficient (Wildman–Crippen LogP) is -0.00960. The van der Waals surface area contributed by atoms with Crippen LogP contribution in [0.2, 0.25) is 0 Å². The Bertz CT molecular complexity index is 296. The monoisotopic (exact) mass is 222 g/mol. The molecule has 0 saturated heterocycles. The van der Waals surface area contributed by atoms with E-state index in [2.05, 4.69) is 16.9 Å². The van der Waals surface area contributed by atoms with Crippen LogP contribution in [-0.2, 0) is 10.0 Å². The SMILES string of the molecule is CC(NS(=O)(=O)CC(N)=S)C1CC1. The van der Waals surface area contributed by atoms with Gasteiger partial charge in [-0.1, -0.05) is 12.2 Å². The molecule has 0 heterocycles. The second kappa shape index (κ2) is 3.89. The van der Waals surface area contributed by atoms with Crippen LogP contribution >= 0.6 is 12.2 Å². The molecule has 1 aliphatic carbocycles.